The van der Waals surface area contributed by atoms with Crippen LogP contribution in [0.1, 0.15) is 19.8 Å². The lowest BCUT2D eigenvalue weighted by atomic mass is 9.90. The number of nitrogens with two attached hydrogens (primary N) is 1. The number of piperidine rings is 1. The zero-order valence-corrected chi connectivity index (χ0v) is 10.9. The standard InChI is InChI=1S/C13H18FN3O2/c1-9(15)10-4-6-16(7-5-10)12-3-2-11(14)8-13(12)17(18)19/h2-3,8-10H,4-7,15H2,1H3. The lowest BCUT2D eigenvalue weighted by Gasteiger charge is -2.34. The Kier molecular flexibility index (Phi) is 3.99. The predicted molar refractivity (Wildman–Crippen MR) is 71.6 cm³/mol. The molecule has 1 saturated heterocycles. The van der Waals surface area contributed by atoms with Gasteiger partial charge in [0.15, 0.2) is 0 Å². The molecule has 0 spiro atoms. The first-order valence-electron chi connectivity index (χ1n) is 6.43. The molecule has 1 aromatic rings. The van der Waals surface area contributed by atoms with Crippen molar-refractivity contribution in [3.8, 4) is 0 Å². The van der Waals surface area contributed by atoms with Gasteiger partial charge in [0.2, 0.25) is 0 Å². The number of hydrogen-bond donors (Lipinski definition) is 1. The topological polar surface area (TPSA) is 72.4 Å². The van der Waals surface area contributed by atoms with E-state index in [1.54, 1.807) is 0 Å². The van der Waals surface area contributed by atoms with Crippen LogP contribution in [-0.2, 0) is 0 Å². The third-order valence-corrected chi connectivity index (χ3v) is 3.76. The first-order chi connectivity index (χ1) is 8.99. The number of rotatable bonds is 3. The summed E-state index contributed by atoms with van der Waals surface area (Å²) in [6, 6.07) is 3.87. The second-order valence-corrected chi connectivity index (χ2v) is 5.07. The van der Waals surface area contributed by atoms with Gasteiger partial charge in [-0.05, 0) is 37.8 Å². The van der Waals surface area contributed by atoms with E-state index in [1.807, 2.05) is 11.8 Å². The molecule has 1 aromatic carbocycles. The molecule has 0 radical (unpaired) electrons. The summed E-state index contributed by atoms with van der Waals surface area (Å²) in [5.41, 5.74) is 6.20. The van der Waals surface area contributed by atoms with Crippen LogP contribution in [0.5, 0.6) is 0 Å². The van der Waals surface area contributed by atoms with E-state index >= 15 is 0 Å². The highest BCUT2D eigenvalue weighted by atomic mass is 19.1. The third kappa shape index (κ3) is 3.01. The molecule has 5 nitrogen and oxygen atoms in total. The molecule has 1 heterocycles. The average molecular weight is 267 g/mol. The Hall–Kier alpha value is -1.69. The highest BCUT2D eigenvalue weighted by molar-refractivity contribution is 5.63. The molecule has 0 bridgehead atoms. The Morgan fingerprint density at radius 1 is 1.47 bits per heavy atom. The number of hydrogen-bond acceptors (Lipinski definition) is 4. The maximum atomic E-state index is 13.1. The van der Waals surface area contributed by atoms with Gasteiger partial charge in [-0.3, -0.25) is 10.1 Å². The molecule has 1 atom stereocenters. The summed E-state index contributed by atoms with van der Waals surface area (Å²) in [7, 11) is 0. The molecular weight excluding hydrogens is 249 g/mol. The molecular formula is C13H18FN3O2. The molecule has 0 saturated carbocycles. The minimum Gasteiger partial charge on any atom is -0.366 e. The van der Waals surface area contributed by atoms with Crippen LogP contribution in [0.25, 0.3) is 0 Å². The molecule has 104 valence electrons. The van der Waals surface area contributed by atoms with Crippen LogP contribution in [0.4, 0.5) is 15.8 Å². The van der Waals surface area contributed by atoms with Gasteiger partial charge in [0.1, 0.15) is 11.5 Å². The van der Waals surface area contributed by atoms with E-state index in [9.17, 15) is 14.5 Å². The largest absolute Gasteiger partial charge is 0.366 e. The fourth-order valence-electron chi connectivity index (χ4n) is 2.58. The highest BCUT2D eigenvalue weighted by Crippen LogP contribution is 2.32. The van der Waals surface area contributed by atoms with Crippen LogP contribution in [0, 0.1) is 21.8 Å². The summed E-state index contributed by atoms with van der Waals surface area (Å²) >= 11 is 0. The van der Waals surface area contributed by atoms with Crippen LogP contribution in [0.15, 0.2) is 18.2 Å². The van der Waals surface area contributed by atoms with E-state index < -0.39 is 10.7 Å². The lowest BCUT2D eigenvalue weighted by Crippen LogP contribution is -2.39. The zero-order chi connectivity index (χ0) is 14.0. The van der Waals surface area contributed by atoms with Crippen molar-refractivity contribution in [2.75, 3.05) is 18.0 Å². The second kappa shape index (κ2) is 5.52. The van der Waals surface area contributed by atoms with Gasteiger partial charge in [-0.15, -0.1) is 0 Å². The minimum absolute atomic E-state index is 0.144. The van der Waals surface area contributed by atoms with E-state index in [2.05, 4.69) is 0 Å². The van der Waals surface area contributed by atoms with Gasteiger partial charge in [-0.25, -0.2) is 4.39 Å². The molecule has 2 rings (SSSR count). The van der Waals surface area contributed by atoms with Gasteiger partial charge >= 0.3 is 0 Å². The maximum Gasteiger partial charge on any atom is 0.295 e. The van der Waals surface area contributed by atoms with Gasteiger partial charge in [-0.1, -0.05) is 0 Å². The molecule has 19 heavy (non-hydrogen) atoms. The van der Waals surface area contributed by atoms with Crippen molar-refractivity contribution in [3.63, 3.8) is 0 Å². The van der Waals surface area contributed by atoms with Crippen LogP contribution >= 0.6 is 0 Å². The minimum atomic E-state index is -0.582. The molecule has 1 aliphatic heterocycles. The fourth-order valence-corrected chi connectivity index (χ4v) is 2.58. The lowest BCUT2D eigenvalue weighted by molar-refractivity contribution is -0.384. The van der Waals surface area contributed by atoms with E-state index in [0.29, 0.717) is 11.6 Å². The molecule has 1 aliphatic rings. The highest BCUT2D eigenvalue weighted by Gasteiger charge is 2.26. The summed E-state index contributed by atoms with van der Waals surface area (Å²) in [5, 5.41) is 11.0. The Bertz CT molecular complexity index is 471. The van der Waals surface area contributed by atoms with E-state index in [0.717, 1.165) is 32.0 Å². The van der Waals surface area contributed by atoms with Gasteiger partial charge in [0, 0.05) is 19.1 Å². The molecule has 1 fully saturated rings. The summed E-state index contributed by atoms with van der Waals surface area (Å²) in [4.78, 5) is 12.4. The number of nitro benzene ring substituents is 1. The first kappa shape index (κ1) is 13.7. The normalized spacial score (nSPS) is 18.4. The summed E-state index contributed by atoms with van der Waals surface area (Å²) in [6.45, 7) is 3.43. The monoisotopic (exact) mass is 267 g/mol. The number of benzene rings is 1. The molecule has 0 aromatic heterocycles. The predicted octanol–water partition coefficient (Wildman–Crippen LogP) is 2.30. The Morgan fingerprint density at radius 3 is 2.63 bits per heavy atom. The van der Waals surface area contributed by atoms with Crippen molar-refractivity contribution in [2.24, 2.45) is 11.7 Å². The van der Waals surface area contributed by atoms with E-state index in [-0.39, 0.29) is 11.7 Å². The van der Waals surface area contributed by atoms with Gasteiger partial charge in [-0.2, -0.15) is 0 Å². The number of halogens is 1. The van der Waals surface area contributed by atoms with Crippen LogP contribution in [-0.4, -0.2) is 24.1 Å². The zero-order valence-electron chi connectivity index (χ0n) is 10.9. The van der Waals surface area contributed by atoms with E-state index in [1.165, 1.54) is 12.1 Å². The van der Waals surface area contributed by atoms with Crippen LogP contribution < -0.4 is 10.6 Å². The molecule has 6 heteroatoms. The molecule has 0 aliphatic carbocycles. The van der Waals surface area contributed by atoms with Crippen LogP contribution in [0.2, 0.25) is 0 Å². The Morgan fingerprint density at radius 2 is 2.11 bits per heavy atom. The number of nitro groups is 1. The van der Waals surface area contributed by atoms with Crippen LogP contribution in [0.3, 0.4) is 0 Å². The SMILES string of the molecule is CC(N)C1CCN(c2ccc(F)cc2[N+](=O)[O-])CC1. The fraction of sp³-hybridized carbons (Fsp3) is 0.538. The second-order valence-electron chi connectivity index (χ2n) is 5.07. The van der Waals surface area contributed by atoms with Gasteiger partial charge in [0.05, 0.1) is 11.0 Å². The Balaban J connectivity index is 2.17. The van der Waals surface area contributed by atoms with Crippen molar-refractivity contribution in [2.45, 2.75) is 25.8 Å². The van der Waals surface area contributed by atoms with Crippen molar-refractivity contribution >= 4 is 11.4 Å². The smallest absolute Gasteiger partial charge is 0.295 e. The van der Waals surface area contributed by atoms with Crippen molar-refractivity contribution in [3.05, 3.63) is 34.1 Å². The van der Waals surface area contributed by atoms with Crippen molar-refractivity contribution in [1.82, 2.24) is 0 Å². The third-order valence-electron chi connectivity index (χ3n) is 3.76. The molecule has 1 unspecified atom stereocenters. The first-order valence-corrected chi connectivity index (χ1v) is 6.43. The Labute approximate surface area is 111 Å². The summed E-state index contributed by atoms with van der Waals surface area (Å²) in [6.07, 6.45) is 1.82. The van der Waals surface area contributed by atoms with Gasteiger partial charge < -0.3 is 10.6 Å². The quantitative estimate of drug-likeness (QED) is 0.673. The van der Waals surface area contributed by atoms with Crippen molar-refractivity contribution in [1.29, 1.82) is 0 Å². The molecule has 2 N–H and O–H groups in total. The summed E-state index contributed by atoms with van der Waals surface area (Å²) < 4.78 is 13.1. The molecule has 0 amide bonds. The van der Waals surface area contributed by atoms with E-state index in [4.69, 9.17) is 5.73 Å². The number of anilines is 1. The summed E-state index contributed by atoms with van der Waals surface area (Å²) in [5.74, 6) is -0.128. The van der Waals surface area contributed by atoms with Gasteiger partial charge in [0.25, 0.3) is 5.69 Å². The van der Waals surface area contributed by atoms with Crippen molar-refractivity contribution < 1.29 is 9.31 Å². The number of nitrogens with zero attached hydrogens (tertiary/aromatic N) is 2. The maximum absolute atomic E-state index is 13.1. The average Bonchev–Trinajstić information content (AvgIpc) is 2.38.